The molecule has 2 heterocycles. The third-order valence-corrected chi connectivity index (χ3v) is 2.63. The summed E-state index contributed by atoms with van der Waals surface area (Å²) in [5, 5.41) is 9.12. The van der Waals surface area contributed by atoms with Crippen LogP contribution in [0.25, 0.3) is 11.4 Å². The van der Waals surface area contributed by atoms with E-state index in [4.69, 9.17) is 5.11 Å². The van der Waals surface area contributed by atoms with Gasteiger partial charge in [0.15, 0.2) is 0 Å². The van der Waals surface area contributed by atoms with E-state index in [1.54, 1.807) is 18.3 Å². The van der Waals surface area contributed by atoms with Crippen LogP contribution < -0.4 is 0 Å². The molecule has 0 aliphatic carbocycles. The third kappa shape index (κ3) is 2.37. The van der Waals surface area contributed by atoms with E-state index in [1.807, 2.05) is 32.0 Å². The van der Waals surface area contributed by atoms with Crippen LogP contribution in [0.4, 0.5) is 0 Å². The minimum absolute atomic E-state index is 0.0553. The second-order valence-electron chi connectivity index (χ2n) is 4.30. The first-order valence-electron chi connectivity index (χ1n) is 5.75. The molecule has 2 aromatic heterocycles. The topological polar surface area (TPSA) is 63.1 Å². The van der Waals surface area contributed by atoms with Crippen molar-refractivity contribution in [2.75, 3.05) is 0 Å². The Labute approximate surface area is 105 Å². The first-order valence-corrected chi connectivity index (χ1v) is 5.75. The highest BCUT2D eigenvalue weighted by Crippen LogP contribution is 2.22. The van der Waals surface area contributed by atoms with Crippen molar-refractivity contribution in [2.45, 2.75) is 19.8 Å². The zero-order valence-electron chi connectivity index (χ0n) is 10.3. The van der Waals surface area contributed by atoms with E-state index < -0.39 is 5.97 Å². The lowest BCUT2D eigenvalue weighted by Crippen LogP contribution is -2.07. The van der Waals surface area contributed by atoms with Crippen LogP contribution in [0.3, 0.4) is 0 Å². The SMILES string of the molecule is CC(C)c1nc(-c2ccccn2)ccc1C(=O)O. The minimum Gasteiger partial charge on any atom is -0.478 e. The second kappa shape index (κ2) is 4.96. The monoisotopic (exact) mass is 242 g/mol. The predicted octanol–water partition coefficient (Wildman–Crippen LogP) is 2.97. The Bertz CT molecular complexity index is 565. The van der Waals surface area contributed by atoms with Gasteiger partial charge in [0.25, 0.3) is 0 Å². The van der Waals surface area contributed by atoms with Crippen LogP contribution >= 0.6 is 0 Å². The van der Waals surface area contributed by atoms with Crippen LogP contribution in [0.5, 0.6) is 0 Å². The summed E-state index contributed by atoms with van der Waals surface area (Å²) in [4.78, 5) is 19.8. The average molecular weight is 242 g/mol. The average Bonchev–Trinajstić information content (AvgIpc) is 2.39. The summed E-state index contributed by atoms with van der Waals surface area (Å²) in [6.45, 7) is 3.86. The molecule has 92 valence electrons. The number of pyridine rings is 2. The van der Waals surface area contributed by atoms with Crippen molar-refractivity contribution in [1.29, 1.82) is 0 Å². The first kappa shape index (κ1) is 12.2. The number of nitrogens with zero attached hydrogens (tertiary/aromatic N) is 2. The molecule has 0 aliphatic heterocycles. The van der Waals surface area contributed by atoms with E-state index in [1.165, 1.54) is 0 Å². The van der Waals surface area contributed by atoms with E-state index in [0.29, 0.717) is 11.4 Å². The van der Waals surface area contributed by atoms with Crippen molar-refractivity contribution in [2.24, 2.45) is 0 Å². The van der Waals surface area contributed by atoms with E-state index in [0.717, 1.165) is 5.69 Å². The molecule has 0 amide bonds. The van der Waals surface area contributed by atoms with Crippen molar-refractivity contribution in [3.05, 3.63) is 47.8 Å². The number of hydrogen-bond donors (Lipinski definition) is 1. The maximum atomic E-state index is 11.1. The van der Waals surface area contributed by atoms with Gasteiger partial charge in [-0.15, -0.1) is 0 Å². The lowest BCUT2D eigenvalue weighted by Gasteiger charge is -2.10. The van der Waals surface area contributed by atoms with Gasteiger partial charge in [-0.05, 0) is 30.2 Å². The molecule has 4 heteroatoms. The molecule has 0 saturated carbocycles. The standard InChI is InChI=1S/C14H14N2O2/c1-9(2)13-10(14(17)18)6-7-12(16-13)11-5-3-4-8-15-11/h3-9H,1-2H3,(H,17,18). The predicted molar refractivity (Wildman–Crippen MR) is 68.5 cm³/mol. The molecule has 0 aliphatic rings. The van der Waals surface area contributed by atoms with Gasteiger partial charge in [0.05, 0.1) is 22.6 Å². The second-order valence-corrected chi connectivity index (χ2v) is 4.30. The van der Waals surface area contributed by atoms with Gasteiger partial charge in [0.2, 0.25) is 0 Å². The molecular weight excluding hydrogens is 228 g/mol. The molecule has 2 rings (SSSR count). The third-order valence-electron chi connectivity index (χ3n) is 2.63. The molecule has 18 heavy (non-hydrogen) atoms. The number of hydrogen-bond acceptors (Lipinski definition) is 3. The number of aromatic nitrogens is 2. The van der Waals surface area contributed by atoms with Crippen molar-refractivity contribution >= 4 is 5.97 Å². The van der Waals surface area contributed by atoms with Crippen LogP contribution in [0.2, 0.25) is 0 Å². The fourth-order valence-corrected chi connectivity index (χ4v) is 1.75. The van der Waals surface area contributed by atoms with Crippen molar-refractivity contribution in [3.63, 3.8) is 0 Å². The summed E-state index contributed by atoms with van der Waals surface area (Å²) in [6.07, 6.45) is 1.69. The Morgan fingerprint density at radius 3 is 2.50 bits per heavy atom. The number of aromatic carboxylic acids is 1. The van der Waals surface area contributed by atoms with Gasteiger partial charge in [-0.1, -0.05) is 19.9 Å². The molecule has 1 N–H and O–H groups in total. The highest BCUT2D eigenvalue weighted by Gasteiger charge is 2.15. The number of carboxylic acid groups (broad SMARTS) is 1. The Morgan fingerprint density at radius 2 is 1.94 bits per heavy atom. The first-order chi connectivity index (χ1) is 8.59. The van der Waals surface area contributed by atoms with Crippen LogP contribution in [-0.4, -0.2) is 21.0 Å². The summed E-state index contributed by atoms with van der Waals surface area (Å²) in [7, 11) is 0. The lowest BCUT2D eigenvalue weighted by atomic mass is 10.0. The maximum absolute atomic E-state index is 11.1. The highest BCUT2D eigenvalue weighted by molar-refractivity contribution is 5.89. The molecule has 0 fully saturated rings. The zero-order chi connectivity index (χ0) is 13.1. The van der Waals surface area contributed by atoms with Crippen molar-refractivity contribution in [1.82, 2.24) is 9.97 Å². The van der Waals surface area contributed by atoms with E-state index in [2.05, 4.69) is 9.97 Å². The largest absolute Gasteiger partial charge is 0.478 e. The molecule has 0 atom stereocenters. The Balaban J connectivity index is 2.54. The Hall–Kier alpha value is -2.23. The van der Waals surface area contributed by atoms with Gasteiger partial charge < -0.3 is 5.11 Å². The molecule has 0 radical (unpaired) electrons. The molecule has 2 aromatic rings. The normalized spacial score (nSPS) is 10.6. The molecule has 0 unspecified atom stereocenters. The molecule has 0 bridgehead atoms. The van der Waals surface area contributed by atoms with Gasteiger partial charge in [-0.2, -0.15) is 0 Å². The summed E-state index contributed by atoms with van der Waals surface area (Å²) in [6, 6.07) is 8.85. The fraction of sp³-hybridized carbons (Fsp3) is 0.214. The quantitative estimate of drug-likeness (QED) is 0.898. The minimum atomic E-state index is -0.946. The zero-order valence-corrected chi connectivity index (χ0v) is 10.3. The Morgan fingerprint density at radius 1 is 1.17 bits per heavy atom. The van der Waals surface area contributed by atoms with Gasteiger partial charge in [0, 0.05) is 6.20 Å². The van der Waals surface area contributed by atoms with Crippen molar-refractivity contribution < 1.29 is 9.90 Å². The van der Waals surface area contributed by atoms with E-state index >= 15 is 0 Å². The molecule has 0 spiro atoms. The van der Waals surface area contributed by atoms with Crippen LogP contribution in [0, 0.1) is 0 Å². The summed E-state index contributed by atoms with van der Waals surface area (Å²) in [5.41, 5.74) is 2.29. The fourth-order valence-electron chi connectivity index (χ4n) is 1.75. The molecule has 0 aromatic carbocycles. The summed E-state index contributed by atoms with van der Waals surface area (Å²) < 4.78 is 0. The van der Waals surface area contributed by atoms with Crippen molar-refractivity contribution in [3.8, 4) is 11.4 Å². The van der Waals surface area contributed by atoms with Gasteiger partial charge in [-0.3, -0.25) is 9.97 Å². The van der Waals surface area contributed by atoms with Gasteiger partial charge >= 0.3 is 5.97 Å². The summed E-state index contributed by atoms with van der Waals surface area (Å²) >= 11 is 0. The maximum Gasteiger partial charge on any atom is 0.337 e. The van der Waals surface area contributed by atoms with Crippen LogP contribution in [-0.2, 0) is 0 Å². The van der Waals surface area contributed by atoms with Crippen LogP contribution in [0.15, 0.2) is 36.5 Å². The van der Waals surface area contributed by atoms with E-state index in [-0.39, 0.29) is 11.5 Å². The number of rotatable bonds is 3. The molecule has 4 nitrogen and oxygen atoms in total. The van der Waals surface area contributed by atoms with Gasteiger partial charge in [-0.25, -0.2) is 4.79 Å². The van der Waals surface area contributed by atoms with Crippen LogP contribution in [0.1, 0.15) is 35.8 Å². The molecular formula is C14H14N2O2. The van der Waals surface area contributed by atoms with E-state index in [9.17, 15) is 4.79 Å². The smallest absolute Gasteiger partial charge is 0.337 e. The number of carboxylic acids is 1. The highest BCUT2D eigenvalue weighted by atomic mass is 16.4. The number of carbonyl (C=O) groups is 1. The summed E-state index contributed by atoms with van der Waals surface area (Å²) in [5.74, 6) is -0.890. The lowest BCUT2D eigenvalue weighted by molar-refractivity contribution is 0.0694. The molecule has 0 saturated heterocycles. The Kier molecular flexibility index (Phi) is 3.37. The van der Waals surface area contributed by atoms with Gasteiger partial charge in [0.1, 0.15) is 0 Å².